The number of carbonyl (C=O) groups is 1. The van der Waals surface area contributed by atoms with Crippen molar-refractivity contribution in [2.24, 2.45) is 0 Å². The zero-order chi connectivity index (χ0) is 21.3. The highest BCUT2D eigenvalue weighted by Crippen LogP contribution is 2.43. The first-order chi connectivity index (χ1) is 15.2. The lowest BCUT2D eigenvalue weighted by Crippen LogP contribution is -2.54. The number of imidazole rings is 1. The summed E-state index contributed by atoms with van der Waals surface area (Å²) >= 11 is 6.09. The van der Waals surface area contributed by atoms with E-state index in [2.05, 4.69) is 20.1 Å². The molecule has 5 rings (SSSR count). The molecule has 3 aromatic rings. The Morgan fingerprint density at radius 1 is 0.903 bits per heavy atom. The minimum atomic E-state index is -0.404. The van der Waals surface area contributed by atoms with E-state index in [1.807, 2.05) is 52.1 Å². The summed E-state index contributed by atoms with van der Waals surface area (Å²) in [6.45, 7) is 2.89. The topological polar surface area (TPSA) is 67.2 Å². The molecule has 2 aliphatic rings. The fourth-order valence-corrected chi connectivity index (χ4v) is 4.96. The van der Waals surface area contributed by atoms with Gasteiger partial charge in [0.2, 0.25) is 5.91 Å². The quantitative estimate of drug-likeness (QED) is 0.626. The van der Waals surface area contributed by atoms with Gasteiger partial charge in [-0.1, -0.05) is 36.6 Å². The van der Waals surface area contributed by atoms with E-state index in [4.69, 9.17) is 11.6 Å². The smallest absolute Gasteiger partial charge is 0.233 e. The van der Waals surface area contributed by atoms with Gasteiger partial charge in [-0.05, 0) is 42.7 Å². The molecule has 2 aromatic heterocycles. The molecule has 0 atom stereocenters. The van der Waals surface area contributed by atoms with E-state index < -0.39 is 5.41 Å². The molecule has 0 radical (unpaired) electrons. The van der Waals surface area contributed by atoms with Crippen molar-refractivity contribution in [2.75, 3.05) is 31.1 Å². The second kappa shape index (κ2) is 8.30. The molecule has 0 unspecified atom stereocenters. The number of amides is 1. The Morgan fingerprint density at radius 3 is 2.19 bits per heavy atom. The maximum absolute atomic E-state index is 13.7. The van der Waals surface area contributed by atoms with Crippen molar-refractivity contribution in [2.45, 2.75) is 31.1 Å². The number of anilines is 1. The molecule has 7 nitrogen and oxygen atoms in total. The normalized spacial score (nSPS) is 18.4. The molecular formula is C23H25ClN6O. The number of benzene rings is 1. The Morgan fingerprint density at radius 2 is 1.58 bits per heavy atom. The van der Waals surface area contributed by atoms with Crippen LogP contribution in [0.4, 0.5) is 5.82 Å². The fraction of sp³-hybridized carbons (Fsp3) is 0.391. The van der Waals surface area contributed by atoms with Crippen molar-refractivity contribution in [1.82, 2.24) is 24.6 Å². The van der Waals surface area contributed by atoms with Gasteiger partial charge >= 0.3 is 0 Å². The zero-order valence-electron chi connectivity index (χ0n) is 17.3. The molecule has 1 saturated heterocycles. The van der Waals surface area contributed by atoms with Crippen molar-refractivity contribution in [3.63, 3.8) is 0 Å². The van der Waals surface area contributed by atoms with Crippen LogP contribution in [0, 0.1) is 0 Å². The molecule has 160 valence electrons. The second-order valence-corrected chi connectivity index (χ2v) is 8.73. The summed E-state index contributed by atoms with van der Waals surface area (Å²) in [6.07, 6.45) is 9.26. The molecule has 1 aliphatic carbocycles. The van der Waals surface area contributed by atoms with Crippen LogP contribution in [-0.4, -0.2) is 56.7 Å². The number of nitrogens with zero attached hydrogens (tertiary/aromatic N) is 6. The third kappa shape index (κ3) is 3.78. The lowest BCUT2D eigenvalue weighted by Gasteiger charge is -2.40. The number of aromatic nitrogens is 4. The molecule has 0 spiro atoms. The van der Waals surface area contributed by atoms with Gasteiger partial charge in [-0.25, -0.2) is 4.98 Å². The Kier molecular flexibility index (Phi) is 5.36. The molecule has 3 heterocycles. The highest BCUT2D eigenvalue weighted by Gasteiger charge is 2.45. The van der Waals surface area contributed by atoms with Crippen molar-refractivity contribution in [3.05, 3.63) is 65.7 Å². The van der Waals surface area contributed by atoms with E-state index in [1.54, 1.807) is 12.5 Å². The summed E-state index contributed by atoms with van der Waals surface area (Å²) in [5, 5.41) is 9.40. The fourth-order valence-electron chi connectivity index (χ4n) is 4.83. The van der Waals surface area contributed by atoms with Crippen LogP contribution in [-0.2, 0) is 10.2 Å². The van der Waals surface area contributed by atoms with E-state index in [1.165, 1.54) is 0 Å². The lowest BCUT2D eigenvalue weighted by molar-refractivity contribution is -0.137. The Hall–Kier alpha value is -2.93. The van der Waals surface area contributed by atoms with Crippen LogP contribution in [0.25, 0.3) is 5.82 Å². The third-order valence-electron chi connectivity index (χ3n) is 6.56. The molecule has 1 aromatic carbocycles. The largest absolute Gasteiger partial charge is 0.352 e. The van der Waals surface area contributed by atoms with Crippen molar-refractivity contribution in [1.29, 1.82) is 0 Å². The SMILES string of the molecule is O=C(N1CCN(c2ccc(-n3ccnc3)nn2)CC1)C1(c2ccc(Cl)cc2)CCCC1. The van der Waals surface area contributed by atoms with E-state index in [0.29, 0.717) is 18.1 Å². The predicted molar refractivity (Wildman–Crippen MR) is 120 cm³/mol. The predicted octanol–water partition coefficient (Wildman–Crippen LogP) is 3.48. The third-order valence-corrected chi connectivity index (χ3v) is 6.81. The average Bonchev–Trinajstić information content (AvgIpc) is 3.53. The number of rotatable bonds is 4. The maximum Gasteiger partial charge on any atom is 0.233 e. The van der Waals surface area contributed by atoms with Crippen LogP contribution in [0.1, 0.15) is 31.2 Å². The van der Waals surface area contributed by atoms with Gasteiger partial charge in [0.15, 0.2) is 11.6 Å². The van der Waals surface area contributed by atoms with Crippen LogP contribution in [0.3, 0.4) is 0 Å². The van der Waals surface area contributed by atoms with Gasteiger partial charge in [-0.3, -0.25) is 9.36 Å². The molecule has 1 aliphatic heterocycles. The van der Waals surface area contributed by atoms with Crippen molar-refractivity contribution < 1.29 is 4.79 Å². The van der Waals surface area contributed by atoms with Crippen molar-refractivity contribution >= 4 is 23.3 Å². The summed E-state index contributed by atoms with van der Waals surface area (Å²) in [6, 6.07) is 11.8. The summed E-state index contributed by atoms with van der Waals surface area (Å²) in [5.41, 5.74) is 0.696. The highest BCUT2D eigenvalue weighted by molar-refractivity contribution is 6.30. The Balaban J connectivity index is 1.27. The summed E-state index contributed by atoms with van der Waals surface area (Å²) < 4.78 is 1.82. The van der Waals surface area contributed by atoms with Crippen LogP contribution >= 0.6 is 11.6 Å². The van der Waals surface area contributed by atoms with Crippen LogP contribution in [0.2, 0.25) is 5.02 Å². The van der Waals surface area contributed by atoms with Crippen LogP contribution in [0.15, 0.2) is 55.1 Å². The Labute approximate surface area is 186 Å². The molecule has 31 heavy (non-hydrogen) atoms. The first kappa shape index (κ1) is 20.0. The maximum atomic E-state index is 13.7. The minimum absolute atomic E-state index is 0.258. The number of hydrogen-bond donors (Lipinski definition) is 0. The number of hydrogen-bond acceptors (Lipinski definition) is 5. The highest BCUT2D eigenvalue weighted by atomic mass is 35.5. The van der Waals surface area contributed by atoms with E-state index in [9.17, 15) is 4.79 Å². The Bertz CT molecular complexity index is 1020. The molecule has 1 amide bonds. The van der Waals surface area contributed by atoms with E-state index in [0.717, 1.165) is 56.0 Å². The van der Waals surface area contributed by atoms with Crippen LogP contribution < -0.4 is 4.90 Å². The first-order valence-corrected chi connectivity index (χ1v) is 11.2. The minimum Gasteiger partial charge on any atom is -0.352 e. The van der Waals surface area contributed by atoms with Gasteiger partial charge < -0.3 is 9.80 Å². The van der Waals surface area contributed by atoms with E-state index in [-0.39, 0.29) is 5.91 Å². The molecule has 2 fully saturated rings. The number of piperazine rings is 1. The monoisotopic (exact) mass is 436 g/mol. The van der Waals surface area contributed by atoms with Crippen molar-refractivity contribution in [3.8, 4) is 5.82 Å². The van der Waals surface area contributed by atoms with Gasteiger partial charge in [-0.15, -0.1) is 10.2 Å². The summed E-state index contributed by atoms with van der Waals surface area (Å²) in [4.78, 5) is 21.9. The number of halogens is 1. The molecular weight excluding hydrogens is 412 g/mol. The standard InChI is InChI=1S/C23H25ClN6O/c24-19-5-3-18(4-6-19)23(9-1-2-10-23)22(31)29-15-13-28(14-16-29)20-7-8-21(27-26-20)30-12-11-25-17-30/h3-8,11-12,17H,1-2,9-10,13-16H2. The van der Waals surface area contributed by atoms with Gasteiger partial charge in [0.1, 0.15) is 6.33 Å². The molecule has 0 bridgehead atoms. The molecule has 0 N–H and O–H groups in total. The van der Waals surface area contributed by atoms with Gasteiger partial charge in [-0.2, -0.15) is 0 Å². The summed E-state index contributed by atoms with van der Waals surface area (Å²) in [7, 11) is 0. The number of carbonyl (C=O) groups excluding carboxylic acids is 1. The first-order valence-electron chi connectivity index (χ1n) is 10.8. The van der Waals surface area contributed by atoms with Gasteiger partial charge in [0, 0.05) is 43.6 Å². The zero-order valence-corrected chi connectivity index (χ0v) is 18.1. The molecule has 8 heteroatoms. The lowest BCUT2D eigenvalue weighted by atomic mass is 9.77. The summed E-state index contributed by atoms with van der Waals surface area (Å²) in [5.74, 6) is 1.83. The van der Waals surface area contributed by atoms with Gasteiger partial charge in [0.05, 0.1) is 5.41 Å². The van der Waals surface area contributed by atoms with E-state index >= 15 is 0 Å². The average molecular weight is 437 g/mol. The van der Waals surface area contributed by atoms with Crippen LogP contribution in [0.5, 0.6) is 0 Å². The second-order valence-electron chi connectivity index (χ2n) is 8.30. The van der Waals surface area contributed by atoms with Gasteiger partial charge in [0.25, 0.3) is 0 Å². The molecule has 1 saturated carbocycles.